The molecule has 1 unspecified atom stereocenters. The van der Waals surface area contributed by atoms with Gasteiger partial charge in [0.25, 0.3) is 0 Å². The summed E-state index contributed by atoms with van der Waals surface area (Å²) in [6, 6.07) is 27.4. The number of nitrogens with one attached hydrogen (secondary N) is 1. The zero-order chi connectivity index (χ0) is 36.8. The number of carbonyl (C=O) groups is 1. The van der Waals surface area contributed by atoms with Crippen LogP contribution in [-0.4, -0.2) is 47.2 Å². The number of aromatic nitrogens is 2. The molecule has 0 spiro atoms. The maximum absolute atomic E-state index is 13.3. The third kappa shape index (κ3) is 9.78. The van der Waals surface area contributed by atoms with Crippen LogP contribution in [0.15, 0.2) is 114 Å². The number of benzene rings is 4. The minimum absolute atomic E-state index is 0.0512. The van der Waals surface area contributed by atoms with Gasteiger partial charge < -0.3 is 24.3 Å². The van der Waals surface area contributed by atoms with E-state index in [0.717, 1.165) is 23.8 Å². The third-order valence-electron chi connectivity index (χ3n) is 7.72. The van der Waals surface area contributed by atoms with Crippen molar-refractivity contribution in [2.75, 3.05) is 0 Å². The second kappa shape index (κ2) is 15.8. The molecule has 1 atom stereocenters. The standard InChI is InChI=1S/C36H35BF3N3O7S/c1-24(2)19-34(37(45)46)41-35(44)22-43-32(26-15-17-28(18-16-26)49-23-25-9-4-3-5-10-25)21-31(42-43)30-13-6-7-14-33(30)50-51(47,48)29-12-8-11-27(20-29)36(38,39)40/h3-18,20-21,24,34,45-46H,19,22-23H2,1-2H3,(H,41,44). The average molecular weight is 722 g/mol. The number of amides is 1. The fourth-order valence-corrected chi connectivity index (χ4v) is 6.26. The van der Waals surface area contributed by atoms with Crippen molar-refractivity contribution < 1.29 is 45.4 Å². The van der Waals surface area contributed by atoms with E-state index in [4.69, 9.17) is 8.92 Å². The predicted octanol–water partition coefficient (Wildman–Crippen LogP) is 6.13. The molecule has 0 saturated carbocycles. The Hall–Kier alpha value is -5.12. The number of halogens is 3. The smallest absolute Gasteiger partial charge is 0.475 e. The zero-order valence-electron chi connectivity index (χ0n) is 27.6. The summed E-state index contributed by atoms with van der Waals surface area (Å²) in [6.45, 7) is 3.74. The molecule has 1 heterocycles. The first-order chi connectivity index (χ1) is 24.2. The van der Waals surface area contributed by atoms with Crippen molar-refractivity contribution >= 4 is 23.1 Å². The molecule has 3 N–H and O–H groups in total. The minimum Gasteiger partial charge on any atom is -0.489 e. The molecule has 0 aliphatic heterocycles. The van der Waals surface area contributed by atoms with Gasteiger partial charge in [-0.05, 0) is 78.6 Å². The molecule has 0 fully saturated rings. The lowest BCUT2D eigenvalue weighted by Crippen LogP contribution is -2.48. The van der Waals surface area contributed by atoms with Crippen molar-refractivity contribution in [3.63, 3.8) is 0 Å². The molecule has 0 radical (unpaired) electrons. The molecule has 15 heteroatoms. The topological polar surface area (TPSA) is 140 Å². The van der Waals surface area contributed by atoms with Gasteiger partial charge in [-0.15, -0.1) is 0 Å². The molecular formula is C36H35BF3N3O7S. The summed E-state index contributed by atoms with van der Waals surface area (Å²) in [4.78, 5) is 12.5. The van der Waals surface area contributed by atoms with Gasteiger partial charge >= 0.3 is 23.4 Å². The van der Waals surface area contributed by atoms with E-state index in [1.54, 1.807) is 36.4 Å². The Bertz CT molecular complexity index is 2060. The molecule has 10 nitrogen and oxygen atoms in total. The van der Waals surface area contributed by atoms with Crippen LogP contribution in [0.1, 0.15) is 31.4 Å². The normalized spacial score (nSPS) is 12.4. The Morgan fingerprint density at radius 2 is 1.61 bits per heavy atom. The Balaban J connectivity index is 1.48. The van der Waals surface area contributed by atoms with E-state index in [1.807, 2.05) is 44.2 Å². The summed E-state index contributed by atoms with van der Waals surface area (Å²) in [7, 11) is -6.52. The van der Waals surface area contributed by atoms with Crippen LogP contribution in [0.5, 0.6) is 11.5 Å². The van der Waals surface area contributed by atoms with Gasteiger partial charge in [0, 0.05) is 11.1 Å². The molecule has 0 saturated heterocycles. The number of carbonyl (C=O) groups excluding carboxylic acids is 1. The van der Waals surface area contributed by atoms with Gasteiger partial charge in [-0.1, -0.05) is 62.4 Å². The van der Waals surface area contributed by atoms with Crippen LogP contribution in [-0.2, 0) is 34.2 Å². The SMILES string of the molecule is CC(C)CC(NC(=O)Cn1nc(-c2ccccc2OS(=O)(=O)c2cccc(C(F)(F)F)c2)cc1-c1ccc(OCc2ccccc2)cc1)B(O)O. The molecule has 4 aromatic carbocycles. The van der Waals surface area contributed by atoms with Crippen LogP contribution in [0.4, 0.5) is 13.2 Å². The quantitative estimate of drug-likeness (QED) is 0.0921. The van der Waals surface area contributed by atoms with Crippen molar-refractivity contribution in [2.24, 2.45) is 5.92 Å². The van der Waals surface area contributed by atoms with Gasteiger partial charge in [0.15, 0.2) is 5.75 Å². The second-order valence-electron chi connectivity index (χ2n) is 12.1. The molecular weight excluding hydrogens is 686 g/mol. The van der Waals surface area contributed by atoms with Crippen molar-refractivity contribution in [1.29, 1.82) is 0 Å². The molecule has 1 amide bonds. The first-order valence-corrected chi connectivity index (χ1v) is 17.3. The molecule has 0 bridgehead atoms. The number of alkyl halides is 3. The average Bonchev–Trinajstić information content (AvgIpc) is 3.50. The Morgan fingerprint density at radius 3 is 2.27 bits per heavy atom. The molecule has 1 aromatic heterocycles. The molecule has 0 aliphatic rings. The number of rotatable bonds is 14. The first kappa shape index (κ1) is 37.1. The molecule has 5 aromatic rings. The molecule has 266 valence electrons. The summed E-state index contributed by atoms with van der Waals surface area (Å²) < 4.78 is 79.0. The second-order valence-corrected chi connectivity index (χ2v) is 13.7. The molecule has 0 aliphatic carbocycles. The third-order valence-corrected chi connectivity index (χ3v) is 8.95. The van der Waals surface area contributed by atoms with Gasteiger partial charge in [0.1, 0.15) is 23.8 Å². The van der Waals surface area contributed by atoms with Crippen molar-refractivity contribution in [2.45, 2.75) is 50.4 Å². The predicted molar refractivity (Wildman–Crippen MR) is 185 cm³/mol. The number of para-hydroxylation sites is 1. The fourth-order valence-electron chi connectivity index (χ4n) is 5.26. The van der Waals surface area contributed by atoms with E-state index in [9.17, 15) is 36.4 Å². The molecule has 5 rings (SSSR count). The minimum atomic E-state index is -4.77. The largest absolute Gasteiger partial charge is 0.489 e. The molecule has 51 heavy (non-hydrogen) atoms. The number of hydrogen-bond acceptors (Lipinski definition) is 8. The van der Waals surface area contributed by atoms with Crippen LogP contribution in [0, 0.1) is 5.92 Å². The Labute approximate surface area is 293 Å². The number of ether oxygens (including phenoxy) is 1. The van der Waals surface area contributed by atoms with Gasteiger partial charge in [-0.2, -0.15) is 26.7 Å². The Morgan fingerprint density at radius 1 is 0.922 bits per heavy atom. The highest BCUT2D eigenvalue weighted by Crippen LogP contribution is 2.36. The van der Waals surface area contributed by atoms with Crippen LogP contribution in [0.2, 0.25) is 0 Å². The lowest BCUT2D eigenvalue weighted by Gasteiger charge is -2.20. The van der Waals surface area contributed by atoms with E-state index >= 15 is 0 Å². The highest BCUT2D eigenvalue weighted by atomic mass is 32.2. The van der Waals surface area contributed by atoms with Crippen LogP contribution in [0.25, 0.3) is 22.5 Å². The van der Waals surface area contributed by atoms with E-state index in [0.29, 0.717) is 36.1 Å². The summed E-state index contributed by atoms with van der Waals surface area (Å²) in [5.74, 6) is -1.08. The van der Waals surface area contributed by atoms with E-state index in [1.165, 1.54) is 22.9 Å². The number of nitrogens with zero attached hydrogens (tertiary/aromatic N) is 2. The summed E-state index contributed by atoms with van der Waals surface area (Å²) in [5.41, 5.74) is 1.26. The van der Waals surface area contributed by atoms with Crippen LogP contribution >= 0.6 is 0 Å². The lowest BCUT2D eigenvalue weighted by atomic mass is 9.75. The maximum atomic E-state index is 13.3. The summed E-state index contributed by atoms with van der Waals surface area (Å²) in [5, 5.41) is 26.9. The van der Waals surface area contributed by atoms with E-state index in [-0.39, 0.29) is 29.5 Å². The summed E-state index contributed by atoms with van der Waals surface area (Å²) in [6.07, 6.45) is -4.47. The van der Waals surface area contributed by atoms with Gasteiger partial charge in [-0.3, -0.25) is 9.48 Å². The zero-order valence-corrected chi connectivity index (χ0v) is 28.4. The van der Waals surface area contributed by atoms with E-state index < -0.39 is 45.7 Å². The maximum Gasteiger partial charge on any atom is 0.475 e. The van der Waals surface area contributed by atoms with Crippen molar-refractivity contribution in [3.05, 3.63) is 120 Å². The van der Waals surface area contributed by atoms with Gasteiger partial charge in [0.2, 0.25) is 5.91 Å². The Kier molecular flexibility index (Phi) is 11.5. The highest BCUT2D eigenvalue weighted by Gasteiger charge is 2.32. The van der Waals surface area contributed by atoms with Crippen LogP contribution < -0.4 is 14.2 Å². The lowest BCUT2D eigenvalue weighted by molar-refractivity contribution is -0.137. The van der Waals surface area contributed by atoms with Crippen molar-refractivity contribution in [3.8, 4) is 34.0 Å². The van der Waals surface area contributed by atoms with Crippen molar-refractivity contribution in [1.82, 2.24) is 15.1 Å². The monoisotopic (exact) mass is 721 g/mol. The van der Waals surface area contributed by atoms with E-state index in [2.05, 4.69) is 10.4 Å². The van der Waals surface area contributed by atoms with Gasteiger partial charge in [-0.25, -0.2) is 0 Å². The van der Waals surface area contributed by atoms with Crippen LogP contribution in [0.3, 0.4) is 0 Å². The number of hydrogen-bond donors (Lipinski definition) is 3. The first-order valence-electron chi connectivity index (χ1n) is 15.9. The van der Waals surface area contributed by atoms with Gasteiger partial charge in [0.05, 0.1) is 22.9 Å². The highest BCUT2D eigenvalue weighted by molar-refractivity contribution is 7.87. The summed E-state index contributed by atoms with van der Waals surface area (Å²) >= 11 is 0. The fraction of sp³-hybridized carbons (Fsp3) is 0.222.